The van der Waals surface area contributed by atoms with Crippen molar-refractivity contribution in [1.82, 2.24) is 20.4 Å². The lowest BCUT2D eigenvalue weighted by Gasteiger charge is -2.33. The molecule has 1 aliphatic rings. The average molecular weight is 342 g/mol. The van der Waals surface area contributed by atoms with Gasteiger partial charge in [0, 0.05) is 19.0 Å². The van der Waals surface area contributed by atoms with Gasteiger partial charge >= 0.3 is 6.03 Å². The molecule has 0 radical (unpaired) electrons. The molecule has 1 N–H and O–H groups in total. The summed E-state index contributed by atoms with van der Waals surface area (Å²) in [7, 11) is 0. The van der Waals surface area contributed by atoms with Crippen LogP contribution in [0.25, 0.3) is 0 Å². The standard InChI is InChI=1S/C19H26N4O2/c1-14(2)20-19(24)23-13-7-6-10-16(23)18-21-17(22-25-18)12-11-15-8-4-3-5-9-15/h3-5,8-9,14,16H,6-7,10-13H2,1-2H3,(H,20,24)/t16-/m0/s1. The van der Waals surface area contributed by atoms with Crippen molar-refractivity contribution in [2.75, 3.05) is 6.54 Å². The summed E-state index contributed by atoms with van der Waals surface area (Å²) in [5.74, 6) is 1.26. The van der Waals surface area contributed by atoms with Crippen LogP contribution in [0.1, 0.15) is 56.4 Å². The lowest BCUT2D eigenvalue weighted by Crippen LogP contribution is -2.46. The molecule has 2 heterocycles. The van der Waals surface area contributed by atoms with Crippen molar-refractivity contribution in [3.63, 3.8) is 0 Å². The van der Waals surface area contributed by atoms with Gasteiger partial charge in [-0.3, -0.25) is 0 Å². The molecule has 6 heteroatoms. The molecule has 2 aromatic rings. The Morgan fingerprint density at radius 2 is 2.08 bits per heavy atom. The molecule has 0 spiro atoms. The Labute approximate surface area is 148 Å². The fraction of sp³-hybridized carbons (Fsp3) is 0.526. The molecule has 1 aromatic heterocycles. The van der Waals surface area contributed by atoms with Crippen LogP contribution >= 0.6 is 0 Å². The Morgan fingerprint density at radius 3 is 2.84 bits per heavy atom. The smallest absolute Gasteiger partial charge is 0.318 e. The summed E-state index contributed by atoms with van der Waals surface area (Å²) < 4.78 is 5.50. The number of rotatable bonds is 5. The van der Waals surface area contributed by atoms with Gasteiger partial charge in [0.1, 0.15) is 6.04 Å². The van der Waals surface area contributed by atoms with Gasteiger partial charge in [-0.1, -0.05) is 35.5 Å². The molecule has 1 aromatic carbocycles. The van der Waals surface area contributed by atoms with Gasteiger partial charge in [-0.25, -0.2) is 4.79 Å². The van der Waals surface area contributed by atoms with Crippen LogP contribution in [0.4, 0.5) is 4.79 Å². The monoisotopic (exact) mass is 342 g/mol. The largest absolute Gasteiger partial charge is 0.337 e. The molecule has 1 atom stereocenters. The number of likely N-dealkylation sites (tertiary alicyclic amines) is 1. The van der Waals surface area contributed by atoms with E-state index in [4.69, 9.17) is 4.52 Å². The van der Waals surface area contributed by atoms with Crippen LogP contribution in [-0.2, 0) is 12.8 Å². The first-order valence-electron chi connectivity index (χ1n) is 9.07. The highest BCUT2D eigenvalue weighted by Crippen LogP contribution is 2.30. The molecule has 0 aliphatic carbocycles. The third-order valence-electron chi connectivity index (χ3n) is 4.42. The van der Waals surface area contributed by atoms with Gasteiger partial charge in [0.2, 0.25) is 5.89 Å². The Bertz CT molecular complexity index is 684. The summed E-state index contributed by atoms with van der Waals surface area (Å²) in [6.07, 6.45) is 4.56. The highest BCUT2D eigenvalue weighted by Gasteiger charge is 2.32. The van der Waals surface area contributed by atoms with Crippen LogP contribution in [0.5, 0.6) is 0 Å². The molecule has 134 valence electrons. The van der Waals surface area contributed by atoms with Crippen molar-refractivity contribution in [2.24, 2.45) is 0 Å². The Balaban J connectivity index is 1.65. The minimum Gasteiger partial charge on any atom is -0.337 e. The molecular weight excluding hydrogens is 316 g/mol. The van der Waals surface area contributed by atoms with E-state index in [1.54, 1.807) is 0 Å². The van der Waals surface area contributed by atoms with Crippen LogP contribution in [0.15, 0.2) is 34.9 Å². The maximum absolute atomic E-state index is 12.4. The minimum absolute atomic E-state index is 0.0521. The zero-order valence-corrected chi connectivity index (χ0v) is 14.9. The predicted molar refractivity (Wildman–Crippen MR) is 95.1 cm³/mol. The second-order valence-electron chi connectivity index (χ2n) is 6.84. The Kier molecular flexibility index (Phi) is 5.68. The van der Waals surface area contributed by atoms with Crippen molar-refractivity contribution >= 4 is 6.03 Å². The average Bonchev–Trinajstić information content (AvgIpc) is 3.09. The topological polar surface area (TPSA) is 71.3 Å². The van der Waals surface area contributed by atoms with Gasteiger partial charge in [0.15, 0.2) is 5.82 Å². The quantitative estimate of drug-likeness (QED) is 0.903. The second-order valence-corrected chi connectivity index (χ2v) is 6.84. The first-order valence-corrected chi connectivity index (χ1v) is 9.07. The van der Waals surface area contributed by atoms with Crippen LogP contribution in [0.3, 0.4) is 0 Å². The number of carbonyl (C=O) groups is 1. The SMILES string of the molecule is CC(C)NC(=O)N1CCCC[C@H]1c1nc(CCc2ccccc2)no1. The molecule has 2 amide bonds. The normalized spacial score (nSPS) is 17.7. The summed E-state index contributed by atoms with van der Waals surface area (Å²) in [6, 6.07) is 10.2. The molecular formula is C19H26N4O2. The highest BCUT2D eigenvalue weighted by atomic mass is 16.5. The van der Waals surface area contributed by atoms with E-state index in [-0.39, 0.29) is 18.1 Å². The van der Waals surface area contributed by atoms with Crippen molar-refractivity contribution in [2.45, 2.75) is 58.0 Å². The fourth-order valence-corrected chi connectivity index (χ4v) is 3.17. The van der Waals surface area contributed by atoms with E-state index in [1.807, 2.05) is 36.9 Å². The molecule has 3 rings (SSSR count). The summed E-state index contributed by atoms with van der Waals surface area (Å²) in [6.45, 7) is 4.65. The fourth-order valence-electron chi connectivity index (χ4n) is 3.17. The lowest BCUT2D eigenvalue weighted by atomic mass is 10.0. The molecule has 1 fully saturated rings. The summed E-state index contributed by atoms with van der Waals surface area (Å²) >= 11 is 0. The van der Waals surface area contributed by atoms with E-state index in [1.165, 1.54) is 5.56 Å². The van der Waals surface area contributed by atoms with Gasteiger partial charge in [0.05, 0.1) is 0 Å². The van der Waals surface area contributed by atoms with Crippen LogP contribution in [0.2, 0.25) is 0 Å². The number of hydrogen-bond donors (Lipinski definition) is 1. The van der Waals surface area contributed by atoms with Crippen molar-refractivity contribution < 1.29 is 9.32 Å². The van der Waals surface area contributed by atoms with Crippen molar-refractivity contribution in [3.8, 4) is 0 Å². The summed E-state index contributed by atoms with van der Waals surface area (Å²) in [5.41, 5.74) is 1.25. The summed E-state index contributed by atoms with van der Waals surface area (Å²) in [4.78, 5) is 18.8. The van der Waals surface area contributed by atoms with E-state index in [2.05, 4.69) is 27.6 Å². The number of nitrogens with zero attached hydrogens (tertiary/aromatic N) is 3. The van der Waals surface area contributed by atoms with Gasteiger partial charge in [-0.2, -0.15) is 4.98 Å². The number of amides is 2. The van der Waals surface area contributed by atoms with E-state index in [9.17, 15) is 4.79 Å². The Hall–Kier alpha value is -2.37. The van der Waals surface area contributed by atoms with Crippen LogP contribution < -0.4 is 5.32 Å². The summed E-state index contributed by atoms with van der Waals surface area (Å²) in [5, 5.41) is 7.08. The zero-order chi connectivity index (χ0) is 17.6. The van der Waals surface area contributed by atoms with Gasteiger partial charge in [-0.15, -0.1) is 0 Å². The lowest BCUT2D eigenvalue weighted by molar-refractivity contribution is 0.130. The van der Waals surface area contributed by atoms with E-state index in [0.29, 0.717) is 11.7 Å². The molecule has 1 saturated heterocycles. The Morgan fingerprint density at radius 1 is 1.28 bits per heavy atom. The van der Waals surface area contributed by atoms with Crippen molar-refractivity contribution in [1.29, 1.82) is 0 Å². The number of nitrogens with one attached hydrogen (secondary N) is 1. The third-order valence-corrected chi connectivity index (χ3v) is 4.42. The highest BCUT2D eigenvalue weighted by molar-refractivity contribution is 5.75. The van der Waals surface area contributed by atoms with Gasteiger partial charge in [0.25, 0.3) is 0 Å². The number of aryl methyl sites for hydroxylation is 2. The van der Waals surface area contributed by atoms with Gasteiger partial charge in [-0.05, 0) is 45.1 Å². The number of aromatic nitrogens is 2. The van der Waals surface area contributed by atoms with Crippen LogP contribution in [0, 0.1) is 0 Å². The molecule has 0 saturated carbocycles. The first kappa shape index (κ1) is 17.5. The van der Waals surface area contributed by atoms with E-state index >= 15 is 0 Å². The van der Waals surface area contributed by atoms with Gasteiger partial charge < -0.3 is 14.7 Å². The van der Waals surface area contributed by atoms with E-state index < -0.39 is 0 Å². The molecule has 0 bridgehead atoms. The van der Waals surface area contributed by atoms with E-state index in [0.717, 1.165) is 38.6 Å². The van der Waals surface area contributed by atoms with Crippen LogP contribution in [-0.4, -0.2) is 33.7 Å². The number of carbonyl (C=O) groups excluding carboxylic acids is 1. The number of hydrogen-bond acceptors (Lipinski definition) is 4. The second kappa shape index (κ2) is 8.14. The maximum Gasteiger partial charge on any atom is 0.318 e. The molecule has 25 heavy (non-hydrogen) atoms. The third kappa shape index (κ3) is 4.59. The maximum atomic E-state index is 12.4. The minimum atomic E-state index is -0.120. The number of benzene rings is 1. The molecule has 6 nitrogen and oxygen atoms in total. The number of piperidine rings is 1. The van der Waals surface area contributed by atoms with Crippen molar-refractivity contribution in [3.05, 3.63) is 47.6 Å². The molecule has 0 unspecified atom stereocenters. The predicted octanol–water partition coefficient (Wildman–Crippen LogP) is 3.50. The zero-order valence-electron chi connectivity index (χ0n) is 14.9. The molecule has 1 aliphatic heterocycles. The number of urea groups is 1. The first-order chi connectivity index (χ1) is 12.1.